The van der Waals surface area contributed by atoms with Gasteiger partial charge in [0.05, 0.1) is 16.7 Å². The number of benzene rings is 2. The van der Waals surface area contributed by atoms with Crippen molar-refractivity contribution < 1.29 is 27.6 Å². The largest absolute Gasteiger partial charge is 0.496 e. The van der Waals surface area contributed by atoms with Crippen LogP contribution in [0.2, 0.25) is 0 Å². The number of ether oxygens (including phenoxy) is 1. The minimum absolute atomic E-state index is 0.0145. The Morgan fingerprint density at radius 3 is 2.49 bits per heavy atom. The molecule has 1 heterocycles. The first-order valence-electron chi connectivity index (χ1n) is 13.0. The first kappa shape index (κ1) is 23.0. The highest BCUT2D eigenvalue weighted by molar-refractivity contribution is 6.06. The Morgan fingerprint density at radius 1 is 1.16 bits per heavy atom. The third-order valence-corrected chi connectivity index (χ3v) is 5.73. The van der Waals surface area contributed by atoms with Gasteiger partial charge in [0, 0.05) is 29.1 Å². The number of primary amides is 1. The van der Waals surface area contributed by atoms with Gasteiger partial charge in [-0.05, 0) is 60.7 Å². The zero-order chi connectivity index (χ0) is 29.9. The summed E-state index contributed by atoms with van der Waals surface area (Å²) in [5, 5.41) is 5.15. The van der Waals surface area contributed by atoms with E-state index in [-0.39, 0.29) is 22.9 Å². The molecule has 5 N–H and O–H groups in total. The Morgan fingerprint density at radius 2 is 1.89 bits per heavy atom. The number of amides is 3. The van der Waals surface area contributed by atoms with E-state index in [9.17, 15) is 18.8 Å². The molecular formula is C28H31FN4O4. The van der Waals surface area contributed by atoms with E-state index in [1.165, 1.54) is 12.1 Å². The molecular weight excluding hydrogens is 475 g/mol. The van der Waals surface area contributed by atoms with Crippen LogP contribution in [-0.4, -0.2) is 36.3 Å². The summed E-state index contributed by atoms with van der Waals surface area (Å²) >= 11 is 0. The number of halogens is 1. The van der Waals surface area contributed by atoms with Crippen LogP contribution in [0.3, 0.4) is 0 Å². The first-order chi connectivity index (χ1) is 18.6. The standard InChI is InChI=1S/C28H31FN4O4/c1-14(2)13-31-28(36)21-9-7-18(12-22(21)37-6)24-23(17(5)32-25(24)26(30)34)20-10-8-19(11-15(20)3)33-27(35)16(4)29/h7-12,14,32H,4,13H2,1-3,5-6H3,(H2,30,34)(H,31,36)(H,33,35)/i6D3. The van der Waals surface area contributed by atoms with Crippen molar-refractivity contribution in [3.05, 3.63) is 71.3 Å². The molecule has 0 radical (unpaired) electrons. The monoisotopic (exact) mass is 509 g/mol. The molecule has 0 aliphatic carbocycles. The second kappa shape index (κ2) is 11.1. The van der Waals surface area contributed by atoms with Crippen molar-refractivity contribution in [2.45, 2.75) is 27.7 Å². The molecule has 0 bridgehead atoms. The molecule has 194 valence electrons. The number of aromatic nitrogens is 1. The number of anilines is 1. The number of hydrogen-bond acceptors (Lipinski definition) is 4. The van der Waals surface area contributed by atoms with Crippen LogP contribution >= 0.6 is 0 Å². The summed E-state index contributed by atoms with van der Waals surface area (Å²) in [7, 11) is -2.85. The number of H-pyrrole nitrogens is 1. The molecule has 2 aromatic carbocycles. The molecule has 0 saturated heterocycles. The zero-order valence-electron chi connectivity index (χ0n) is 24.0. The SMILES string of the molecule is [2H]C([2H])([2H])Oc1cc(-c2c(C(N)=O)[nH]c(C)c2-c2ccc(NC(=O)C(=C)F)cc2C)ccc1C(=O)NCC(C)C. The minimum Gasteiger partial charge on any atom is -0.496 e. The minimum atomic E-state index is -2.85. The van der Waals surface area contributed by atoms with E-state index in [4.69, 9.17) is 14.6 Å². The van der Waals surface area contributed by atoms with Gasteiger partial charge in [-0.3, -0.25) is 14.4 Å². The summed E-state index contributed by atoms with van der Waals surface area (Å²) in [4.78, 5) is 40.0. The van der Waals surface area contributed by atoms with E-state index in [1.54, 1.807) is 38.1 Å². The van der Waals surface area contributed by atoms with Crippen LogP contribution in [0.4, 0.5) is 10.1 Å². The highest BCUT2D eigenvalue weighted by Crippen LogP contribution is 2.41. The molecule has 3 amide bonds. The van der Waals surface area contributed by atoms with Crippen molar-refractivity contribution >= 4 is 23.4 Å². The lowest BCUT2D eigenvalue weighted by Gasteiger charge is -2.15. The smallest absolute Gasteiger partial charge is 0.283 e. The van der Waals surface area contributed by atoms with Crippen molar-refractivity contribution in [1.82, 2.24) is 10.3 Å². The van der Waals surface area contributed by atoms with Crippen LogP contribution in [-0.2, 0) is 4.79 Å². The van der Waals surface area contributed by atoms with E-state index in [2.05, 4.69) is 22.2 Å². The molecule has 0 atom stereocenters. The van der Waals surface area contributed by atoms with Crippen molar-refractivity contribution in [1.29, 1.82) is 0 Å². The lowest BCUT2D eigenvalue weighted by molar-refractivity contribution is -0.114. The molecule has 37 heavy (non-hydrogen) atoms. The number of nitrogens with one attached hydrogen (secondary N) is 3. The van der Waals surface area contributed by atoms with Gasteiger partial charge in [0.15, 0.2) is 5.83 Å². The second-order valence-corrected chi connectivity index (χ2v) is 9.04. The average Bonchev–Trinajstić information content (AvgIpc) is 3.18. The van der Waals surface area contributed by atoms with Gasteiger partial charge in [-0.15, -0.1) is 0 Å². The van der Waals surface area contributed by atoms with Crippen LogP contribution in [0, 0.1) is 19.8 Å². The van der Waals surface area contributed by atoms with Gasteiger partial charge in [-0.1, -0.05) is 32.6 Å². The van der Waals surface area contributed by atoms with Crippen molar-refractivity contribution in [2.24, 2.45) is 11.7 Å². The Labute approximate surface area is 219 Å². The summed E-state index contributed by atoms with van der Waals surface area (Å²) in [5.41, 5.74) is 9.34. The number of rotatable bonds is 9. The van der Waals surface area contributed by atoms with Gasteiger partial charge < -0.3 is 26.1 Å². The predicted molar refractivity (Wildman–Crippen MR) is 142 cm³/mol. The average molecular weight is 510 g/mol. The molecule has 9 heteroatoms. The number of methoxy groups -OCH3 is 1. The maximum atomic E-state index is 13.2. The Hall–Kier alpha value is -4.40. The molecule has 0 unspecified atom stereocenters. The number of carbonyl (C=O) groups excluding carboxylic acids is 3. The molecule has 3 rings (SSSR count). The van der Waals surface area contributed by atoms with Crippen LogP contribution < -0.4 is 21.1 Å². The van der Waals surface area contributed by atoms with Crippen LogP contribution in [0.15, 0.2) is 48.8 Å². The fourth-order valence-corrected chi connectivity index (χ4v) is 4.00. The van der Waals surface area contributed by atoms with E-state index in [0.29, 0.717) is 45.7 Å². The molecule has 0 fully saturated rings. The molecule has 3 aromatic rings. The molecule has 0 aliphatic heterocycles. The molecule has 0 spiro atoms. The highest BCUT2D eigenvalue weighted by Gasteiger charge is 2.24. The maximum absolute atomic E-state index is 13.2. The third-order valence-electron chi connectivity index (χ3n) is 5.73. The quantitative estimate of drug-likeness (QED) is 0.307. The normalized spacial score (nSPS) is 12.3. The van der Waals surface area contributed by atoms with Gasteiger partial charge in [-0.2, -0.15) is 0 Å². The summed E-state index contributed by atoms with van der Waals surface area (Å²) < 4.78 is 41.2. The number of hydrogen-bond donors (Lipinski definition) is 4. The Kier molecular flexibility index (Phi) is 6.92. The predicted octanol–water partition coefficient (Wildman–Crippen LogP) is 4.88. The zero-order valence-corrected chi connectivity index (χ0v) is 21.0. The van der Waals surface area contributed by atoms with Gasteiger partial charge >= 0.3 is 0 Å². The second-order valence-electron chi connectivity index (χ2n) is 9.04. The van der Waals surface area contributed by atoms with Gasteiger partial charge in [0.25, 0.3) is 17.7 Å². The summed E-state index contributed by atoms with van der Waals surface area (Å²) in [6, 6.07) is 9.26. The first-order valence-corrected chi connectivity index (χ1v) is 11.5. The lowest BCUT2D eigenvalue weighted by atomic mass is 9.91. The van der Waals surface area contributed by atoms with Crippen LogP contribution in [0.1, 0.15) is 50.1 Å². The Bertz CT molecular complexity index is 1500. The fraction of sp³-hybridized carbons (Fsp3) is 0.250. The van der Waals surface area contributed by atoms with Crippen molar-refractivity contribution in [3.8, 4) is 28.0 Å². The molecule has 0 saturated carbocycles. The summed E-state index contributed by atoms with van der Waals surface area (Å²) in [6.45, 7) is 10.7. The summed E-state index contributed by atoms with van der Waals surface area (Å²) in [5.74, 6) is -3.40. The van der Waals surface area contributed by atoms with E-state index < -0.39 is 30.6 Å². The van der Waals surface area contributed by atoms with E-state index >= 15 is 0 Å². The van der Waals surface area contributed by atoms with E-state index in [0.717, 1.165) is 0 Å². The maximum Gasteiger partial charge on any atom is 0.283 e. The van der Waals surface area contributed by atoms with Crippen molar-refractivity contribution in [2.75, 3.05) is 18.9 Å². The molecule has 0 aliphatic rings. The summed E-state index contributed by atoms with van der Waals surface area (Å²) in [6.07, 6.45) is 0. The fourth-order valence-electron chi connectivity index (χ4n) is 4.00. The van der Waals surface area contributed by atoms with Crippen LogP contribution in [0.25, 0.3) is 22.3 Å². The van der Waals surface area contributed by atoms with Crippen molar-refractivity contribution in [3.63, 3.8) is 0 Å². The number of carbonyl (C=O) groups is 3. The number of aromatic amines is 1. The van der Waals surface area contributed by atoms with Crippen LogP contribution in [0.5, 0.6) is 5.75 Å². The highest BCUT2D eigenvalue weighted by atomic mass is 19.1. The third kappa shape index (κ3) is 5.88. The Balaban J connectivity index is 2.20. The molecule has 8 nitrogen and oxygen atoms in total. The van der Waals surface area contributed by atoms with Gasteiger partial charge in [-0.25, -0.2) is 4.39 Å². The lowest BCUT2D eigenvalue weighted by Crippen LogP contribution is -2.27. The molecule has 1 aromatic heterocycles. The van der Waals surface area contributed by atoms with Gasteiger partial charge in [0.1, 0.15) is 11.4 Å². The van der Waals surface area contributed by atoms with E-state index in [1.807, 2.05) is 13.8 Å². The van der Waals surface area contributed by atoms with Gasteiger partial charge in [0.2, 0.25) is 0 Å². The number of aryl methyl sites for hydroxylation is 2. The topological polar surface area (TPSA) is 126 Å². The number of nitrogens with two attached hydrogens (primary N) is 1.